The van der Waals surface area contributed by atoms with Gasteiger partial charge in [-0.1, -0.05) is 36.4 Å². The van der Waals surface area contributed by atoms with Crippen LogP contribution in [0.25, 0.3) is 0 Å². The Morgan fingerprint density at radius 1 is 0.640 bits per heavy atom. The van der Waals surface area contributed by atoms with Crippen molar-refractivity contribution in [3.05, 3.63) is 60.7 Å². The van der Waals surface area contributed by atoms with Gasteiger partial charge in [0, 0.05) is 9.79 Å². The zero-order valence-electron chi connectivity index (χ0n) is 13.4. The predicted octanol–water partition coefficient (Wildman–Crippen LogP) is 1.33. The molecule has 0 unspecified atom stereocenters. The van der Waals surface area contributed by atoms with Crippen LogP contribution >= 0.6 is 23.5 Å². The van der Waals surface area contributed by atoms with Crippen molar-refractivity contribution in [1.29, 1.82) is 0 Å². The van der Waals surface area contributed by atoms with Crippen LogP contribution in [0.15, 0.2) is 70.5 Å². The Bertz CT molecular complexity index is 572. The van der Waals surface area contributed by atoms with Gasteiger partial charge in [0.2, 0.25) is 0 Å². The summed E-state index contributed by atoms with van der Waals surface area (Å²) in [5.74, 6) is 0. The maximum atomic E-state index is 10.6. The minimum Gasteiger partial charge on any atom is -0.394 e. The van der Waals surface area contributed by atoms with Crippen LogP contribution in [0.3, 0.4) is 0 Å². The van der Waals surface area contributed by atoms with Crippen molar-refractivity contribution >= 4 is 23.5 Å². The van der Waals surface area contributed by atoms with Crippen LogP contribution in [0.4, 0.5) is 0 Å². The van der Waals surface area contributed by atoms with E-state index in [0.717, 1.165) is 9.79 Å². The lowest BCUT2D eigenvalue weighted by molar-refractivity contribution is -0.111. The number of thioether (sulfide) groups is 2. The number of rotatable bonds is 9. The van der Waals surface area contributed by atoms with Crippen LogP contribution in [0.2, 0.25) is 0 Å². The highest BCUT2D eigenvalue weighted by Gasteiger charge is 2.35. The molecule has 0 saturated heterocycles. The van der Waals surface area contributed by atoms with Crippen molar-refractivity contribution in [1.82, 2.24) is 0 Å². The van der Waals surface area contributed by atoms with Crippen LogP contribution in [0.1, 0.15) is 0 Å². The lowest BCUT2D eigenvalue weighted by Crippen LogP contribution is -2.48. The molecule has 0 saturated carbocycles. The van der Waals surface area contributed by atoms with Gasteiger partial charge in [-0.25, -0.2) is 0 Å². The normalized spacial score (nSPS) is 16.4. The maximum Gasteiger partial charge on any atom is 0.111 e. The fraction of sp³-hybridized carbons (Fsp3) is 0.333. The van der Waals surface area contributed by atoms with E-state index in [1.165, 1.54) is 23.5 Å². The average molecular weight is 383 g/mol. The summed E-state index contributed by atoms with van der Waals surface area (Å²) in [6.45, 7) is -0.701. The predicted molar refractivity (Wildman–Crippen MR) is 99.5 cm³/mol. The Morgan fingerprint density at radius 3 is 1.48 bits per heavy atom. The van der Waals surface area contributed by atoms with Crippen molar-refractivity contribution in [2.45, 2.75) is 38.8 Å². The Morgan fingerprint density at radius 2 is 1.08 bits per heavy atom. The molecule has 0 bridgehead atoms. The third-order valence-corrected chi connectivity index (χ3v) is 6.24. The third kappa shape index (κ3) is 6.00. The minimum absolute atomic E-state index is 0.527. The standard InChI is InChI=1S/C18H22O5S2/c19-11-14(20)15(21)16(22)17(23)18(24-12-7-3-1-4-8-12)25-13-9-5-2-6-10-13/h1-10,14-23H,11H2/t14-,15-,16+,17-/m1/s1. The van der Waals surface area contributed by atoms with Crippen LogP contribution < -0.4 is 0 Å². The molecule has 0 radical (unpaired) electrons. The van der Waals surface area contributed by atoms with E-state index in [9.17, 15) is 20.4 Å². The second-order valence-corrected chi connectivity index (χ2v) is 8.18. The van der Waals surface area contributed by atoms with Crippen LogP contribution in [0.5, 0.6) is 0 Å². The topological polar surface area (TPSA) is 101 Å². The number of hydrogen-bond donors (Lipinski definition) is 5. The zero-order valence-corrected chi connectivity index (χ0v) is 15.1. The first kappa shape index (κ1) is 20.3. The second kappa shape index (κ2) is 10.2. The number of benzene rings is 2. The van der Waals surface area contributed by atoms with Crippen molar-refractivity contribution < 1.29 is 25.5 Å². The second-order valence-electron chi connectivity index (χ2n) is 5.45. The molecule has 0 aliphatic carbocycles. The van der Waals surface area contributed by atoms with Crippen LogP contribution in [0, 0.1) is 0 Å². The van der Waals surface area contributed by atoms with Crippen molar-refractivity contribution in [2.75, 3.05) is 6.61 Å². The molecule has 2 aromatic rings. The van der Waals surface area contributed by atoms with Crippen LogP contribution in [-0.2, 0) is 0 Å². The van der Waals surface area contributed by atoms with Gasteiger partial charge < -0.3 is 25.5 Å². The smallest absolute Gasteiger partial charge is 0.111 e. The highest BCUT2D eigenvalue weighted by molar-refractivity contribution is 8.17. The first-order valence-electron chi connectivity index (χ1n) is 7.79. The van der Waals surface area contributed by atoms with Gasteiger partial charge in [0.15, 0.2) is 0 Å². The molecule has 25 heavy (non-hydrogen) atoms. The minimum atomic E-state index is -1.64. The molecule has 2 rings (SSSR count). The Hall–Kier alpha value is -1.06. The summed E-state index contributed by atoms with van der Waals surface area (Å²) in [5, 5.41) is 49.1. The monoisotopic (exact) mass is 382 g/mol. The molecule has 0 heterocycles. The largest absolute Gasteiger partial charge is 0.394 e. The Balaban J connectivity index is 2.17. The maximum absolute atomic E-state index is 10.6. The summed E-state index contributed by atoms with van der Waals surface area (Å²) in [6, 6.07) is 18.8. The number of aliphatic hydroxyl groups is 5. The Labute approximate surface area is 155 Å². The molecular formula is C18H22O5S2. The third-order valence-electron chi connectivity index (χ3n) is 3.55. The summed E-state index contributed by atoms with van der Waals surface area (Å²) in [6.07, 6.45) is -6.09. The molecule has 0 aliphatic heterocycles. The molecular weight excluding hydrogens is 360 g/mol. The van der Waals surface area contributed by atoms with Gasteiger partial charge in [-0.15, -0.1) is 23.5 Å². The molecule has 0 fully saturated rings. The summed E-state index contributed by atoms with van der Waals surface area (Å²) in [4.78, 5) is 1.80. The van der Waals surface area contributed by atoms with Gasteiger partial charge in [-0.3, -0.25) is 0 Å². The van der Waals surface area contributed by atoms with Crippen LogP contribution in [-0.4, -0.2) is 61.1 Å². The molecule has 0 aliphatic rings. The van der Waals surface area contributed by atoms with E-state index in [1.807, 2.05) is 60.7 Å². The molecule has 136 valence electrons. The molecule has 0 amide bonds. The number of hydrogen-bond acceptors (Lipinski definition) is 7. The van der Waals surface area contributed by atoms with E-state index in [-0.39, 0.29) is 0 Å². The molecule has 0 aromatic heterocycles. The molecule has 4 atom stereocenters. The average Bonchev–Trinajstić information content (AvgIpc) is 2.66. The summed E-state index contributed by atoms with van der Waals surface area (Å²) in [7, 11) is 0. The van der Waals surface area contributed by atoms with Gasteiger partial charge in [0.05, 0.1) is 11.2 Å². The van der Waals surface area contributed by atoms with E-state index in [1.54, 1.807) is 0 Å². The van der Waals surface area contributed by atoms with E-state index >= 15 is 0 Å². The molecule has 5 N–H and O–H groups in total. The zero-order chi connectivity index (χ0) is 18.2. The lowest BCUT2D eigenvalue weighted by Gasteiger charge is -2.30. The first-order chi connectivity index (χ1) is 12.0. The molecule has 5 nitrogen and oxygen atoms in total. The van der Waals surface area contributed by atoms with Crippen molar-refractivity contribution in [2.24, 2.45) is 0 Å². The van der Waals surface area contributed by atoms with E-state index in [4.69, 9.17) is 5.11 Å². The van der Waals surface area contributed by atoms with Gasteiger partial charge in [-0.2, -0.15) is 0 Å². The van der Waals surface area contributed by atoms with E-state index in [2.05, 4.69) is 0 Å². The highest BCUT2D eigenvalue weighted by Crippen LogP contribution is 2.38. The van der Waals surface area contributed by atoms with E-state index < -0.39 is 35.6 Å². The van der Waals surface area contributed by atoms with Gasteiger partial charge in [0.25, 0.3) is 0 Å². The summed E-state index contributed by atoms with van der Waals surface area (Å²) >= 11 is 2.71. The number of aliphatic hydroxyl groups excluding tert-OH is 5. The summed E-state index contributed by atoms with van der Waals surface area (Å²) in [5.41, 5.74) is 0. The van der Waals surface area contributed by atoms with Crippen molar-refractivity contribution in [3.63, 3.8) is 0 Å². The SMILES string of the molecule is OC[C@@H](O)[C@@H](O)[C@H](O)[C@@H](O)C(Sc1ccccc1)Sc1ccccc1. The fourth-order valence-corrected chi connectivity index (χ4v) is 4.75. The lowest BCUT2D eigenvalue weighted by atomic mass is 10.0. The van der Waals surface area contributed by atoms with Gasteiger partial charge in [0.1, 0.15) is 24.4 Å². The Kier molecular flexibility index (Phi) is 8.25. The highest BCUT2D eigenvalue weighted by atomic mass is 32.2. The fourth-order valence-electron chi connectivity index (χ4n) is 2.13. The molecule has 7 heteroatoms. The van der Waals surface area contributed by atoms with Crippen molar-refractivity contribution in [3.8, 4) is 0 Å². The first-order valence-corrected chi connectivity index (χ1v) is 9.55. The van der Waals surface area contributed by atoms with E-state index in [0.29, 0.717) is 0 Å². The molecule has 0 spiro atoms. The van der Waals surface area contributed by atoms with Gasteiger partial charge in [-0.05, 0) is 24.3 Å². The molecule has 2 aromatic carbocycles. The van der Waals surface area contributed by atoms with Gasteiger partial charge >= 0.3 is 0 Å². The quantitative estimate of drug-likeness (QED) is 0.329. The summed E-state index contributed by atoms with van der Waals surface area (Å²) < 4.78 is -0.527.